The first-order valence-corrected chi connectivity index (χ1v) is 6.12. The number of rotatable bonds is 3. The number of aliphatic hydroxyl groups excluding tert-OH is 1. The number of nitro groups is 1. The van der Waals surface area contributed by atoms with Gasteiger partial charge in [-0.15, -0.1) is 0 Å². The molecular formula is C12H14N4O3. The summed E-state index contributed by atoms with van der Waals surface area (Å²) in [6, 6.07) is 4.31. The summed E-state index contributed by atoms with van der Waals surface area (Å²) < 4.78 is 0. The van der Waals surface area contributed by atoms with Crippen molar-refractivity contribution in [2.75, 3.05) is 5.32 Å². The Morgan fingerprint density at radius 2 is 2.21 bits per heavy atom. The van der Waals surface area contributed by atoms with Gasteiger partial charge < -0.3 is 10.4 Å². The average molecular weight is 262 g/mol. The van der Waals surface area contributed by atoms with Crippen LogP contribution in [0, 0.1) is 21.4 Å². The Labute approximate surface area is 110 Å². The highest BCUT2D eigenvalue weighted by Crippen LogP contribution is 2.23. The van der Waals surface area contributed by atoms with Gasteiger partial charge in [0.1, 0.15) is 11.9 Å². The molecule has 0 bridgehead atoms. The third kappa shape index (κ3) is 2.98. The van der Waals surface area contributed by atoms with Gasteiger partial charge in [-0.05, 0) is 18.9 Å². The monoisotopic (exact) mass is 262 g/mol. The van der Waals surface area contributed by atoms with Crippen molar-refractivity contribution in [3.05, 3.63) is 27.9 Å². The molecule has 1 aromatic heterocycles. The minimum atomic E-state index is -0.634. The molecule has 1 aliphatic rings. The maximum absolute atomic E-state index is 10.7. The normalized spacial score (nSPS) is 22.5. The number of pyridine rings is 1. The molecule has 7 nitrogen and oxygen atoms in total. The topological polar surface area (TPSA) is 112 Å². The van der Waals surface area contributed by atoms with E-state index in [-0.39, 0.29) is 17.4 Å². The zero-order valence-corrected chi connectivity index (χ0v) is 10.2. The number of nitriles is 1. The average Bonchev–Trinajstić information content (AvgIpc) is 2.41. The van der Waals surface area contributed by atoms with Crippen molar-refractivity contribution < 1.29 is 10.0 Å². The Morgan fingerprint density at radius 1 is 1.47 bits per heavy atom. The van der Waals surface area contributed by atoms with Crippen molar-refractivity contribution in [3.8, 4) is 6.07 Å². The van der Waals surface area contributed by atoms with E-state index in [1.54, 1.807) is 6.07 Å². The third-order valence-electron chi connectivity index (χ3n) is 3.24. The predicted molar refractivity (Wildman–Crippen MR) is 67.5 cm³/mol. The van der Waals surface area contributed by atoms with Crippen LogP contribution in [0.1, 0.15) is 31.4 Å². The van der Waals surface area contributed by atoms with Gasteiger partial charge in [-0.2, -0.15) is 5.26 Å². The van der Waals surface area contributed by atoms with Gasteiger partial charge >= 0.3 is 5.69 Å². The fourth-order valence-corrected chi connectivity index (χ4v) is 2.23. The third-order valence-corrected chi connectivity index (χ3v) is 3.24. The molecule has 1 aliphatic carbocycles. The summed E-state index contributed by atoms with van der Waals surface area (Å²) in [6.45, 7) is 0. The van der Waals surface area contributed by atoms with Gasteiger partial charge in [-0.3, -0.25) is 10.1 Å². The van der Waals surface area contributed by atoms with Crippen molar-refractivity contribution in [3.63, 3.8) is 0 Å². The molecule has 1 aromatic rings. The van der Waals surface area contributed by atoms with Crippen molar-refractivity contribution in [2.45, 2.75) is 37.8 Å². The molecule has 1 saturated carbocycles. The van der Waals surface area contributed by atoms with Crippen LogP contribution >= 0.6 is 0 Å². The maximum Gasteiger partial charge on any atom is 0.305 e. The molecule has 2 N–H and O–H groups in total. The standard InChI is InChI=1S/C12H14N4O3/c13-7-9-10(16(18)19)5-6-12(15-9)14-8-3-1-2-4-11(8)17/h5-6,8,11,17H,1-4H2,(H,14,15). The molecule has 2 rings (SSSR count). The highest BCUT2D eigenvalue weighted by atomic mass is 16.6. The highest BCUT2D eigenvalue weighted by molar-refractivity contribution is 5.50. The van der Waals surface area contributed by atoms with Crippen LogP contribution in [0.15, 0.2) is 12.1 Å². The molecule has 1 fully saturated rings. The summed E-state index contributed by atoms with van der Waals surface area (Å²) >= 11 is 0. The Hall–Kier alpha value is -2.20. The van der Waals surface area contributed by atoms with Crippen LogP contribution < -0.4 is 5.32 Å². The number of aromatic nitrogens is 1. The second-order valence-electron chi connectivity index (χ2n) is 4.54. The maximum atomic E-state index is 10.7. The SMILES string of the molecule is N#Cc1nc(NC2CCCCC2O)ccc1[N+](=O)[O-]. The van der Waals surface area contributed by atoms with E-state index < -0.39 is 11.0 Å². The number of hydrogen-bond acceptors (Lipinski definition) is 6. The van der Waals surface area contributed by atoms with E-state index >= 15 is 0 Å². The lowest BCUT2D eigenvalue weighted by Gasteiger charge is -2.28. The summed E-state index contributed by atoms with van der Waals surface area (Å²) in [6.07, 6.45) is 3.12. The molecular weight excluding hydrogens is 248 g/mol. The number of nitrogens with zero attached hydrogens (tertiary/aromatic N) is 3. The summed E-state index contributed by atoms with van der Waals surface area (Å²) in [5, 5.41) is 32.4. The van der Waals surface area contributed by atoms with Gasteiger partial charge in [0.15, 0.2) is 0 Å². The van der Waals surface area contributed by atoms with Gasteiger partial charge in [-0.25, -0.2) is 4.98 Å². The van der Waals surface area contributed by atoms with Crippen molar-refractivity contribution >= 4 is 11.5 Å². The Morgan fingerprint density at radius 3 is 2.84 bits per heavy atom. The zero-order chi connectivity index (χ0) is 13.8. The molecule has 2 atom stereocenters. The van der Waals surface area contributed by atoms with Crippen LogP contribution in [0.5, 0.6) is 0 Å². The highest BCUT2D eigenvalue weighted by Gasteiger charge is 2.24. The van der Waals surface area contributed by atoms with Crippen LogP contribution in [-0.4, -0.2) is 27.2 Å². The molecule has 0 spiro atoms. The number of nitrogens with one attached hydrogen (secondary N) is 1. The van der Waals surface area contributed by atoms with Crippen LogP contribution in [-0.2, 0) is 0 Å². The Kier molecular flexibility index (Phi) is 3.92. The van der Waals surface area contributed by atoms with Gasteiger partial charge in [0.05, 0.1) is 17.1 Å². The fraction of sp³-hybridized carbons (Fsp3) is 0.500. The van der Waals surface area contributed by atoms with Crippen LogP contribution in [0.2, 0.25) is 0 Å². The van der Waals surface area contributed by atoms with E-state index in [0.29, 0.717) is 5.82 Å². The van der Waals surface area contributed by atoms with E-state index in [1.807, 2.05) is 0 Å². The van der Waals surface area contributed by atoms with Crippen molar-refractivity contribution in [2.24, 2.45) is 0 Å². The quantitative estimate of drug-likeness (QED) is 0.631. The summed E-state index contributed by atoms with van der Waals surface area (Å²) in [7, 11) is 0. The second kappa shape index (κ2) is 5.63. The van der Waals surface area contributed by atoms with E-state index in [9.17, 15) is 15.2 Å². The largest absolute Gasteiger partial charge is 0.391 e. The van der Waals surface area contributed by atoms with Gasteiger partial charge in [0.2, 0.25) is 5.69 Å². The number of aliphatic hydroxyl groups is 1. The van der Waals surface area contributed by atoms with Crippen molar-refractivity contribution in [1.29, 1.82) is 5.26 Å². The molecule has 0 radical (unpaired) electrons. The van der Waals surface area contributed by atoms with Crippen LogP contribution in [0.4, 0.5) is 11.5 Å². The molecule has 19 heavy (non-hydrogen) atoms. The van der Waals surface area contributed by atoms with Gasteiger partial charge in [0, 0.05) is 6.07 Å². The second-order valence-corrected chi connectivity index (χ2v) is 4.54. The van der Waals surface area contributed by atoms with Crippen molar-refractivity contribution in [1.82, 2.24) is 4.98 Å². The number of anilines is 1. The van der Waals surface area contributed by atoms with E-state index in [2.05, 4.69) is 10.3 Å². The lowest BCUT2D eigenvalue weighted by Crippen LogP contribution is -2.36. The summed E-state index contributed by atoms with van der Waals surface area (Å²) in [5.41, 5.74) is -0.530. The summed E-state index contributed by atoms with van der Waals surface area (Å²) in [4.78, 5) is 14.0. The van der Waals surface area contributed by atoms with E-state index in [1.165, 1.54) is 12.1 Å². The molecule has 0 aromatic carbocycles. The summed E-state index contributed by atoms with van der Waals surface area (Å²) in [5.74, 6) is 0.383. The molecule has 7 heteroatoms. The minimum absolute atomic E-state index is 0.116. The molecule has 0 amide bonds. The molecule has 0 aliphatic heterocycles. The molecule has 0 saturated heterocycles. The van der Waals surface area contributed by atoms with Gasteiger partial charge in [-0.1, -0.05) is 12.8 Å². The van der Waals surface area contributed by atoms with Gasteiger partial charge in [0.25, 0.3) is 0 Å². The minimum Gasteiger partial charge on any atom is -0.391 e. The first kappa shape index (κ1) is 13.2. The number of hydrogen-bond donors (Lipinski definition) is 2. The smallest absolute Gasteiger partial charge is 0.305 e. The first-order valence-electron chi connectivity index (χ1n) is 6.12. The Bertz CT molecular complexity index is 526. The first-order chi connectivity index (χ1) is 9.11. The van der Waals surface area contributed by atoms with Crippen LogP contribution in [0.3, 0.4) is 0 Å². The lowest BCUT2D eigenvalue weighted by atomic mass is 9.92. The predicted octanol–water partition coefficient (Wildman–Crippen LogP) is 1.58. The Balaban J connectivity index is 2.17. The van der Waals surface area contributed by atoms with E-state index in [0.717, 1.165) is 25.7 Å². The van der Waals surface area contributed by atoms with Crippen LogP contribution in [0.25, 0.3) is 0 Å². The molecule has 100 valence electrons. The van der Waals surface area contributed by atoms with E-state index in [4.69, 9.17) is 5.26 Å². The lowest BCUT2D eigenvalue weighted by molar-refractivity contribution is -0.385. The zero-order valence-electron chi connectivity index (χ0n) is 10.2. The molecule has 1 heterocycles. The molecule has 2 unspecified atom stereocenters. The fourth-order valence-electron chi connectivity index (χ4n) is 2.23.